The number of nitrogens with zero attached hydrogens (tertiary/aromatic N) is 5. The van der Waals surface area contributed by atoms with Crippen LogP contribution in [0.3, 0.4) is 0 Å². The van der Waals surface area contributed by atoms with Gasteiger partial charge >= 0.3 is 0 Å². The summed E-state index contributed by atoms with van der Waals surface area (Å²) in [6.07, 6.45) is 0. The highest BCUT2D eigenvalue weighted by Gasteiger charge is 2.24. The molecule has 0 amide bonds. The zero-order valence-electron chi connectivity index (χ0n) is 32.2. The Labute approximate surface area is 341 Å². The van der Waals surface area contributed by atoms with E-state index >= 15 is 0 Å². The van der Waals surface area contributed by atoms with Gasteiger partial charge in [0.25, 0.3) is 0 Å². The molecule has 278 valence electrons. The topological polar surface area (TPSA) is 38.6 Å². The van der Waals surface area contributed by atoms with Crippen LogP contribution in [0.4, 0.5) is 5.69 Å². The minimum atomic E-state index is 0.721. The van der Waals surface area contributed by atoms with Crippen LogP contribution < -0.4 is 4.90 Å². The zero-order chi connectivity index (χ0) is 38.9. The minimum absolute atomic E-state index is 0.721. The van der Waals surface area contributed by atoms with E-state index in [0.717, 1.165) is 58.4 Å². The smallest absolute Gasteiger partial charge is 0.160 e. The summed E-state index contributed by atoms with van der Waals surface area (Å²) in [7, 11) is 0. The number of benzene rings is 8. The lowest BCUT2D eigenvalue weighted by Crippen LogP contribution is -2.00. The first kappa shape index (κ1) is 33.4. The summed E-state index contributed by atoms with van der Waals surface area (Å²) in [6.45, 7) is 2.10. The van der Waals surface area contributed by atoms with Crippen LogP contribution in [-0.2, 0) is 0 Å². The van der Waals surface area contributed by atoms with Crippen LogP contribution >= 0.6 is 0 Å². The summed E-state index contributed by atoms with van der Waals surface area (Å²) in [6, 6.07) is 71.7. The Bertz CT molecular complexity index is 3260. The molecule has 1 aliphatic rings. The van der Waals surface area contributed by atoms with E-state index in [0.29, 0.717) is 0 Å². The van der Waals surface area contributed by atoms with Gasteiger partial charge in [0.05, 0.1) is 33.5 Å². The highest BCUT2D eigenvalue weighted by Crippen LogP contribution is 2.41. The fourth-order valence-corrected chi connectivity index (χ4v) is 8.92. The molecule has 0 radical (unpaired) electrons. The fraction of sp³-hybridized carbons (Fsp3) is 0.0370. The van der Waals surface area contributed by atoms with Gasteiger partial charge in [0, 0.05) is 74.0 Å². The molecule has 1 saturated heterocycles. The van der Waals surface area contributed by atoms with Crippen molar-refractivity contribution in [1.82, 2.24) is 19.1 Å². The van der Waals surface area contributed by atoms with Crippen molar-refractivity contribution in [2.45, 2.75) is 0 Å². The molecule has 8 aromatic carbocycles. The molecule has 4 heterocycles. The van der Waals surface area contributed by atoms with Gasteiger partial charge in [0.1, 0.15) is 0 Å². The average Bonchev–Trinajstić information content (AvgIpc) is 4.04. The number of rotatable bonds is 7. The molecule has 5 nitrogen and oxygen atoms in total. The largest absolute Gasteiger partial charge is 0.367 e. The molecule has 0 aliphatic carbocycles. The number of aromatic nitrogens is 4. The second-order valence-corrected chi connectivity index (χ2v) is 15.4. The second kappa shape index (κ2) is 13.4. The molecule has 1 fully saturated rings. The van der Waals surface area contributed by atoms with Gasteiger partial charge in [-0.1, -0.05) is 146 Å². The van der Waals surface area contributed by atoms with Gasteiger partial charge in [-0.15, -0.1) is 0 Å². The Morgan fingerprint density at radius 2 is 0.797 bits per heavy atom. The Morgan fingerprint density at radius 1 is 0.339 bits per heavy atom. The van der Waals surface area contributed by atoms with Gasteiger partial charge < -0.3 is 14.0 Å². The first-order valence-corrected chi connectivity index (χ1v) is 20.3. The monoisotopic (exact) mass is 755 g/mol. The third-order valence-electron chi connectivity index (χ3n) is 11.8. The highest BCUT2D eigenvalue weighted by atomic mass is 15.3. The maximum atomic E-state index is 5.07. The van der Waals surface area contributed by atoms with Gasteiger partial charge in [0.2, 0.25) is 0 Å². The van der Waals surface area contributed by atoms with Gasteiger partial charge in [-0.2, -0.15) is 0 Å². The number of anilines is 1. The normalized spacial score (nSPS) is 12.6. The Kier molecular flexibility index (Phi) is 7.60. The van der Waals surface area contributed by atoms with Crippen LogP contribution in [0, 0.1) is 0 Å². The van der Waals surface area contributed by atoms with E-state index in [1.807, 2.05) is 24.3 Å². The number of fused-ring (bicyclic) bond motifs is 6. The summed E-state index contributed by atoms with van der Waals surface area (Å²) < 4.78 is 4.84. The van der Waals surface area contributed by atoms with Gasteiger partial charge in [0.15, 0.2) is 5.82 Å². The zero-order valence-corrected chi connectivity index (χ0v) is 32.2. The molecule has 11 aromatic rings. The van der Waals surface area contributed by atoms with E-state index in [1.54, 1.807) is 0 Å². The Balaban J connectivity index is 0.947. The third kappa shape index (κ3) is 5.62. The average molecular weight is 756 g/mol. The predicted molar refractivity (Wildman–Crippen MR) is 245 cm³/mol. The molecule has 1 aliphatic heterocycles. The molecule has 0 N–H and O–H groups in total. The maximum absolute atomic E-state index is 5.07. The first-order valence-electron chi connectivity index (χ1n) is 20.3. The number of hydrogen-bond donors (Lipinski definition) is 0. The van der Waals surface area contributed by atoms with Crippen LogP contribution in [0.2, 0.25) is 0 Å². The molecule has 0 spiro atoms. The van der Waals surface area contributed by atoms with Gasteiger partial charge in [-0.05, 0) is 60.2 Å². The van der Waals surface area contributed by atoms with Crippen LogP contribution in [0.15, 0.2) is 200 Å². The van der Waals surface area contributed by atoms with E-state index in [2.05, 4.69) is 190 Å². The quantitative estimate of drug-likeness (QED) is 0.152. The second-order valence-electron chi connectivity index (χ2n) is 15.4. The van der Waals surface area contributed by atoms with Gasteiger partial charge in [-0.25, -0.2) is 9.97 Å². The summed E-state index contributed by atoms with van der Waals surface area (Å²) in [5, 5.41) is 5.02. The van der Waals surface area contributed by atoms with Crippen molar-refractivity contribution in [3.63, 3.8) is 0 Å². The van der Waals surface area contributed by atoms with Crippen LogP contribution in [0.1, 0.15) is 0 Å². The summed E-state index contributed by atoms with van der Waals surface area (Å²) >= 11 is 0. The lowest BCUT2D eigenvalue weighted by atomic mass is 9.99. The van der Waals surface area contributed by atoms with E-state index in [9.17, 15) is 0 Å². The maximum Gasteiger partial charge on any atom is 0.160 e. The summed E-state index contributed by atoms with van der Waals surface area (Å²) in [5.41, 5.74) is 15.7. The summed E-state index contributed by atoms with van der Waals surface area (Å²) in [4.78, 5) is 12.5. The van der Waals surface area contributed by atoms with E-state index < -0.39 is 0 Å². The van der Waals surface area contributed by atoms with Crippen molar-refractivity contribution in [3.05, 3.63) is 200 Å². The fourth-order valence-electron chi connectivity index (χ4n) is 8.92. The standard InChI is InChI=1S/C54H37N5/c1-3-13-37(14-4-1)47-35-48(56-54(55-47)39-15-5-2-6-16-39)38-25-23-36(24-26-38)42-29-27-41(34-53(42)57-31-32-57)59-51-22-12-9-19-45(51)46-33-40(28-30-52(46)59)58-49-20-10-7-17-43(49)44-18-8-11-21-50(44)58/h1-30,33-35H,31-32H2. The highest BCUT2D eigenvalue weighted by molar-refractivity contribution is 6.12. The van der Waals surface area contributed by atoms with E-state index in [1.165, 1.54) is 60.4 Å². The van der Waals surface area contributed by atoms with Crippen molar-refractivity contribution >= 4 is 49.3 Å². The first-order chi connectivity index (χ1) is 29.2. The van der Waals surface area contributed by atoms with E-state index in [4.69, 9.17) is 9.97 Å². The van der Waals surface area contributed by atoms with Crippen molar-refractivity contribution < 1.29 is 0 Å². The molecule has 3 aromatic heterocycles. The Hall–Kier alpha value is -7.76. The SMILES string of the molecule is c1ccc(-c2cc(-c3ccc(-c4ccc(-n5c6ccccc6c6cc(-n7c8ccccc8c8ccccc87)ccc65)cc4N4CC4)cc3)nc(-c3ccccc3)n2)cc1. The van der Waals surface area contributed by atoms with E-state index in [-0.39, 0.29) is 0 Å². The van der Waals surface area contributed by atoms with Gasteiger partial charge in [-0.3, -0.25) is 0 Å². The molecule has 0 atom stereocenters. The number of hydrogen-bond acceptors (Lipinski definition) is 3. The van der Waals surface area contributed by atoms with Crippen molar-refractivity contribution in [1.29, 1.82) is 0 Å². The van der Waals surface area contributed by atoms with Crippen LogP contribution in [0.25, 0.3) is 100 Å². The molecule has 0 unspecified atom stereocenters. The molecular formula is C54H37N5. The lowest BCUT2D eigenvalue weighted by Gasteiger charge is -2.16. The third-order valence-corrected chi connectivity index (χ3v) is 11.8. The predicted octanol–water partition coefficient (Wildman–Crippen LogP) is 13.2. The molecule has 0 saturated carbocycles. The molecule has 5 heteroatoms. The lowest BCUT2D eigenvalue weighted by molar-refractivity contribution is 1.16. The molecular weight excluding hydrogens is 719 g/mol. The van der Waals surface area contributed by atoms with Crippen molar-refractivity contribution in [2.24, 2.45) is 0 Å². The minimum Gasteiger partial charge on any atom is -0.367 e. The van der Waals surface area contributed by atoms with Crippen molar-refractivity contribution in [3.8, 4) is 56.4 Å². The molecule has 0 bridgehead atoms. The Morgan fingerprint density at radius 3 is 1.39 bits per heavy atom. The van der Waals surface area contributed by atoms with Crippen LogP contribution in [0.5, 0.6) is 0 Å². The van der Waals surface area contributed by atoms with Crippen molar-refractivity contribution in [2.75, 3.05) is 18.0 Å². The summed E-state index contributed by atoms with van der Waals surface area (Å²) in [5.74, 6) is 0.721. The number of para-hydroxylation sites is 3. The van der Waals surface area contributed by atoms with Crippen LogP contribution in [-0.4, -0.2) is 32.2 Å². The molecule has 59 heavy (non-hydrogen) atoms. The molecule has 12 rings (SSSR count).